The van der Waals surface area contributed by atoms with Gasteiger partial charge in [-0.25, -0.2) is 6.92 Å². The van der Waals surface area contributed by atoms with Gasteiger partial charge in [-0.05, 0) is 0 Å². The van der Waals surface area contributed by atoms with Crippen molar-refractivity contribution in [2.45, 2.75) is 90.0 Å². The fourth-order valence-corrected chi connectivity index (χ4v) is 1.63. The van der Waals surface area contributed by atoms with Crippen molar-refractivity contribution in [3.63, 3.8) is 0 Å². The molecule has 0 fully saturated rings. The summed E-state index contributed by atoms with van der Waals surface area (Å²) in [5.41, 5.74) is 4.25. The molecular weight excluding hydrogens is 607 g/mol. The molecule has 5 heteroatoms. The van der Waals surface area contributed by atoms with Gasteiger partial charge in [0.05, 0.1) is 0 Å². The van der Waals surface area contributed by atoms with Gasteiger partial charge in [0.1, 0.15) is 0 Å². The van der Waals surface area contributed by atoms with E-state index in [4.69, 9.17) is 0 Å². The number of aliphatic imine (C=N–C) groups is 2. The van der Waals surface area contributed by atoms with Gasteiger partial charge in [0.15, 0.2) is 0 Å². The molecule has 0 aliphatic heterocycles. The first-order valence-corrected chi connectivity index (χ1v) is 9.97. The molecule has 0 unspecified atom stereocenters. The Labute approximate surface area is 271 Å². The number of allylic oxidation sites excluding steroid dienone is 8. The maximum atomic E-state index is 4.00. The van der Waals surface area contributed by atoms with E-state index in [1.807, 2.05) is 41.5 Å². The van der Waals surface area contributed by atoms with Gasteiger partial charge in [-0.15, -0.1) is 47.5 Å². The van der Waals surface area contributed by atoms with E-state index in [-0.39, 0.29) is 98.1 Å². The summed E-state index contributed by atoms with van der Waals surface area (Å²) in [5.74, 6) is 1.39. The fourth-order valence-electron chi connectivity index (χ4n) is 1.63. The Morgan fingerprint density at radius 1 is 0.548 bits per heavy atom. The molecule has 2 nitrogen and oxygen atoms in total. The molecule has 0 heterocycles. The van der Waals surface area contributed by atoms with Crippen molar-refractivity contribution < 1.29 is 98.1 Å². The van der Waals surface area contributed by atoms with Gasteiger partial charge in [0.2, 0.25) is 0 Å². The van der Waals surface area contributed by atoms with E-state index < -0.39 is 0 Å². The molecule has 0 saturated heterocycles. The van der Waals surface area contributed by atoms with Crippen molar-refractivity contribution in [1.29, 1.82) is 0 Å². The molecule has 0 atom stereocenters. The molecule has 0 saturated carbocycles. The molecule has 31 heavy (non-hydrogen) atoms. The van der Waals surface area contributed by atoms with E-state index in [0.29, 0.717) is 17.8 Å². The predicted octanol–water partition coefficient (Wildman–Crippen LogP) is 7.79. The smallest absolute Gasteiger partial charge is 0 e. The Kier molecular flexibility index (Phi) is 46.9. The molecule has 0 aromatic carbocycles. The van der Waals surface area contributed by atoms with Gasteiger partial charge in [-0.3, -0.25) is 0 Å². The maximum Gasteiger partial charge on any atom is 0 e. The Balaban J connectivity index is -0.0000000722. The fraction of sp³-hybridized carbons (Fsp3) is 0.615. The van der Waals surface area contributed by atoms with Gasteiger partial charge in [0.25, 0.3) is 0 Å². The van der Waals surface area contributed by atoms with Crippen LogP contribution in [-0.4, -0.2) is 12.4 Å². The molecule has 0 aliphatic carbocycles. The third kappa shape index (κ3) is 42.3. The van der Waals surface area contributed by atoms with Gasteiger partial charge in [-0.1, -0.05) is 47.5 Å². The molecule has 3 radical (unpaired) electrons. The van der Waals surface area contributed by atoms with Crippen LogP contribution in [0, 0.1) is 42.1 Å². The average Bonchev–Trinajstić information content (AvgIpc) is 2.58. The summed E-state index contributed by atoms with van der Waals surface area (Å²) in [7, 11) is 0. The normalized spacial score (nSPS) is 12.6. The van der Waals surface area contributed by atoms with E-state index in [1.165, 1.54) is 11.1 Å². The van der Waals surface area contributed by atoms with Crippen LogP contribution in [0.25, 0.3) is 0 Å². The number of rotatable bonds is 6. The second-order valence-corrected chi connectivity index (χ2v) is 7.25. The van der Waals surface area contributed by atoms with Crippen LogP contribution in [0.1, 0.15) is 90.0 Å². The van der Waals surface area contributed by atoms with Crippen molar-refractivity contribution in [2.75, 3.05) is 0 Å². The van der Waals surface area contributed by atoms with Crippen molar-refractivity contribution in [2.24, 2.45) is 27.7 Å². The maximum absolute atomic E-state index is 4.00. The summed E-state index contributed by atoms with van der Waals surface area (Å²) >= 11 is 0. The third-order valence-electron chi connectivity index (χ3n) is 3.07. The Bertz CT molecular complexity index is 565. The van der Waals surface area contributed by atoms with Gasteiger partial charge >= 0.3 is 0 Å². The Morgan fingerprint density at radius 3 is 1.29 bits per heavy atom. The summed E-state index contributed by atoms with van der Waals surface area (Å²) in [5, 5.41) is 0. The number of hydrogen-bond acceptors (Lipinski definition) is 2. The third-order valence-corrected chi connectivity index (χ3v) is 3.07. The number of nitrogens with zero attached hydrogens (tertiary/aromatic N) is 2. The second-order valence-electron chi connectivity index (χ2n) is 7.25. The molecule has 0 aliphatic rings. The van der Waals surface area contributed by atoms with E-state index >= 15 is 0 Å². The second kappa shape index (κ2) is 31.6. The van der Waals surface area contributed by atoms with E-state index in [1.54, 1.807) is 6.92 Å². The van der Waals surface area contributed by atoms with Gasteiger partial charge < -0.3 is 56.8 Å². The summed E-state index contributed by atoms with van der Waals surface area (Å²) in [6.07, 6.45) is 18.1. The first-order valence-electron chi connectivity index (χ1n) is 9.97. The van der Waals surface area contributed by atoms with Crippen LogP contribution >= 0.6 is 0 Å². The zero-order valence-electron chi connectivity index (χ0n) is 22.4. The summed E-state index contributed by atoms with van der Waals surface area (Å²) in [6, 6.07) is 0. The zero-order valence-corrected chi connectivity index (χ0v) is 30.9. The monoisotopic (exact) mass is 649 g/mol. The van der Waals surface area contributed by atoms with Crippen molar-refractivity contribution in [3.05, 3.63) is 46.8 Å². The van der Waals surface area contributed by atoms with E-state index in [2.05, 4.69) is 88.3 Å². The Hall–Kier alpha value is 1.61. The molecule has 0 bridgehead atoms. The first kappa shape index (κ1) is 46.0. The Morgan fingerprint density at radius 2 is 1.00 bits per heavy atom. The van der Waals surface area contributed by atoms with Gasteiger partial charge in [-0.2, -0.15) is 18.3 Å². The molecule has 0 N–H and O–H groups in total. The standard InChI is InChI=1S/C10H16.2C8H13N.3Y/c1-6-9(4)10(5)7-8(2)3;1-5-9-8(4)6-7(2)3;1-5-8(4)9-6-7(2)3;;;/h8H,1-5H3;2*7H,1-4H3;;;/q3*-2;;;. The van der Waals surface area contributed by atoms with Crippen LogP contribution in [-0.2, 0) is 98.1 Å². The minimum Gasteiger partial charge on any atom is -0.584 e. The minimum atomic E-state index is 0. The molecule has 0 rings (SSSR count). The van der Waals surface area contributed by atoms with Crippen LogP contribution in [0.4, 0.5) is 0 Å². The largest absolute Gasteiger partial charge is 0.584 e. The van der Waals surface area contributed by atoms with E-state index in [0.717, 1.165) is 11.4 Å². The average molecular weight is 649 g/mol. The summed E-state index contributed by atoms with van der Waals surface area (Å²) in [4.78, 5) is 7.92. The molecule has 171 valence electrons. The molecular formula is C26H42N2Y3-6. The van der Waals surface area contributed by atoms with Crippen molar-refractivity contribution >= 4 is 12.4 Å². The van der Waals surface area contributed by atoms with Gasteiger partial charge in [0, 0.05) is 98.1 Å². The van der Waals surface area contributed by atoms with Crippen LogP contribution in [0.2, 0.25) is 0 Å². The minimum absolute atomic E-state index is 0. The molecule has 0 amide bonds. The summed E-state index contributed by atoms with van der Waals surface area (Å²) in [6.45, 7) is 26.1. The van der Waals surface area contributed by atoms with Crippen LogP contribution in [0.15, 0.2) is 32.5 Å². The van der Waals surface area contributed by atoms with Crippen molar-refractivity contribution in [3.8, 4) is 0 Å². The van der Waals surface area contributed by atoms with Crippen molar-refractivity contribution in [1.82, 2.24) is 0 Å². The summed E-state index contributed by atoms with van der Waals surface area (Å²) < 4.78 is 0. The van der Waals surface area contributed by atoms with Crippen LogP contribution < -0.4 is 0 Å². The SMILES string of the molecule is C[C-]=C(C)C(C)=[C-]C(C)C.C[C-]=C(C)N=[C-]C(C)C.C[C-]=NC(C)=[C-]C(C)C.[Y].[Y].[Y]. The number of hydrogen-bond donors (Lipinski definition) is 0. The van der Waals surface area contributed by atoms with Crippen LogP contribution in [0.3, 0.4) is 0 Å². The quantitative estimate of drug-likeness (QED) is 0.160. The zero-order chi connectivity index (χ0) is 22.7. The van der Waals surface area contributed by atoms with E-state index in [9.17, 15) is 0 Å². The predicted molar refractivity (Wildman–Crippen MR) is 126 cm³/mol. The molecule has 0 spiro atoms. The topological polar surface area (TPSA) is 24.7 Å². The molecule has 0 aromatic heterocycles. The van der Waals surface area contributed by atoms with Crippen LogP contribution in [0.5, 0.6) is 0 Å². The molecule has 0 aromatic rings. The first-order chi connectivity index (χ1) is 12.9.